The molecule has 3 N–H and O–H groups in total. The van der Waals surface area contributed by atoms with Crippen LogP contribution in [0.25, 0.3) is 0 Å². The minimum Gasteiger partial charge on any atom is -0.481 e. The second-order valence-corrected chi connectivity index (χ2v) is 4.41. The van der Waals surface area contributed by atoms with Crippen molar-refractivity contribution < 1.29 is 19.6 Å². The molecule has 0 saturated heterocycles. The largest absolute Gasteiger partial charge is 0.481 e. The molecule has 21 heavy (non-hydrogen) atoms. The molecule has 0 radical (unpaired) electrons. The molecule has 0 bridgehead atoms. The van der Waals surface area contributed by atoms with E-state index < -0.39 is 39.7 Å². The van der Waals surface area contributed by atoms with Gasteiger partial charge in [-0.15, -0.1) is 0 Å². The molecule has 1 unspecified atom stereocenters. The number of rotatable bonds is 7. The number of nitro groups is 1. The lowest BCUT2D eigenvalue weighted by Gasteiger charge is -2.15. The lowest BCUT2D eigenvalue weighted by Crippen LogP contribution is -2.38. The summed E-state index contributed by atoms with van der Waals surface area (Å²) in [5.74, 6) is -1.92. The number of carboxylic acid groups (broad SMARTS) is 1. The zero-order valence-corrected chi connectivity index (χ0v) is 11.3. The summed E-state index contributed by atoms with van der Waals surface area (Å²) >= 11 is 0. The van der Waals surface area contributed by atoms with Crippen LogP contribution in [0.2, 0.25) is 0 Å². The number of nitrogens with one attached hydrogen (secondary N) is 2. The highest BCUT2D eigenvalue weighted by Crippen LogP contribution is 2.09. The van der Waals surface area contributed by atoms with Gasteiger partial charge >= 0.3 is 5.97 Å². The van der Waals surface area contributed by atoms with Crippen LogP contribution < -0.4 is 10.9 Å². The van der Waals surface area contributed by atoms with Crippen LogP contribution in [-0.2, 0) is 4.79 Å². The van der Waals surface area contributed by atoms with Gasteiger partial charge < -0.3 is 15.4 Å². The molecule has 0 saturated carbocycles. The van der Waals surface area contributed by atoms with Gasteiger partial charge in [-0.3, -0.25) is 24.5 Å². The highest BCUT2D eigenvalue weighted by molar-refractivity contribution is 5.94. The zero-order chi connectivity index (χ0) is 16.0. The molecule has 1 rings (SSSR count). The minimum atomic E-state index is -1.08. The molecule has 1 aromatic heterocycles. The average molecular weight is 297 g/mol. The quantitative estimate of drug-likeness (QED) is 0.498. The Morgan fingerprint density at radius 3 is 2.71 bits per heavy atom. The normalized spacial score (nSPS) is 11.7. The number of hydrogen-bond acceptors (Lipinski definition) is 5. The second-order valence-electron chi connectivity index (χ2n) is 4.41. The van der Waals surface area contributed by atoms with Crippen LogP contribution in [0, 0.1) is 10.1 Å². The van der Waals surface area contributed by atoms with Gasteiger partial charge in [0.1, 0.15) is 5.56 Å². The molecular weight excluding hydrogens is 282 g/mol. The Morgan fingerprint density at radius 1 is 1.52 bits per heavy atom. The van der Waals surface area contributed by atoms with Crippen molar-refractivity contribution in [3.05, 3.63) is 38.3 Å². The maximum Gasteiger partial charge on any atom is 0.305 e. The van der Waals surface area contributed by atoms with E-state index in [4.69, 9.17) is 5.11 Å². The summed E-state index contributed by atoms with van der Waals surface area (Å²) in [6.07, 6.45) is 1.67. The summed E-state index contributed by atoms with van der Waals surface area (Å²) in [5, 5.41) is 21.8. The standard InChI is InChI=1S/C12H15N3O6/c1-2-3-7(4-10(16)17)14-12(19)9-5-8(15(20)21)6-13-11(9)18/h5-7H,2-4H2,1H3,(H,13,18)(H,14,19)(H,16,17). The molecule has 1 heterocycles. The van der Waals surface area contributed by atoms with Gasteiger partial charge in [0.25, 0.3) is 17.2 Å². The maximum atomic E-state index is 12.0. The van der Waals surface area contributed by atoms with Crippen LogP contribution in [0.15, 0.2) is 17.1 Å². The number of aliphatic carboxylic acids is 1. The summed E-state index contributed by atoms with van der Waals surface area (Å²) in [4.78, 5) is 46.2. The van der Waals surface area contributed by atoms with E-state index in [0.717, 1.165) is 12.3 Å². The first-order valence-corrected chi connectivity index (χ1v) is 6.25. The van der Waals surface area contributed by atoms with Crippen LogP contribution in [0.1, 0.15) is 36.5 Å². The van der Waals surface area contributed by atoms with E-state index in [0.29, 0.717) is 12.8 Å². The molecule has 0 spiro atoms. The number of aromatic amines is 1. The Labute approximate surface area is 119 Å². The fourth-order valence-corrected chi connectivity index (χ4v) is 1.79. The molecular formula is C12H15N3O6. The Bertz CT molecular complexity index is 609. The number of carboxylic acids is 1. The molecule has 0 aliphatic carbocycles. The van der Waals surface area contributed by atoms with Crippen molar-refractivity contribution >= 4 is 17.6 Å². The van der Waals surface area contributed by atoms with Crippen molar-refractivity contribution in [1.29, 1.82) is 0 Å². The second kappa shape index (κ2) is 7.17. The Balaban J connectivity index is 2.96. The number of amides is 1. The number of H-pyrrole nitrogens is 1. The summed E-state index contributed by atoms with van der Waals surface area (Å²) < 4.78 is 0. The summed E-state index contributed by atoms with van der Waals surface area (Å²) in [7, 11) is 0. The third-order valence-electron chi connectivity index (χ3n) is 2.74. The van der Waals surface area contributed by atoms with Gasteiger partial charge in [0.15, 0.2) is 0 Å². The summed E-state index contributed by atoms with van der Waals surface area (Å²) in [5.41, 5.74) is -1.62. The molecule has 114 valence electrons. The number of carbonyl (C=O) groups is 2. The molecule has 0 aliphatic rings. The fraction of sp³-hybridized carbons (Fsp3) is 0.417. The average Bonchev–Trinajstić information content (AvgIpc) is 2.38. The fourth-order valence-electron chi connectivity index (χ4n) is 1.79. The number of pyridine rings is 1. The molecule has 1 aromatic rings. The van der Waals surface area contributed by atoms with Gasteiger partial charge in [0.2, 0.25) is 0 Å². The van der Waals surface area contributed by atoms with Crippen LogP contribution in [-0.4, -0.2) is 32.9 Å². The first-order chi connectivity index (χ1) is 9.85. The third-order valence-corrected chi connectivity index (χ3v) is 2.74. The van der Waals surface area contributed by atoms with E-state index in [1.54, 1.807) is 0 Å². The molecule has 0 aromatic carbocycles. The number of carbonyl (C=O) groups excluding carboxylic acids is 1. The highest BCUT2D eigenvalue weighted by atomic mass is 16.6. The van der Waals surface area contributed by atoms with Crippen LogP contribution >= 0.6 is 0 Å². The van der Waals surface area contributed by atoms with E-state index in [9.17, 15) is 24.5 Å². The summed E-state index contributed by atoms with van der Waals surface area (Å²) in [6, 6.07) is 0.219. The van der Waals surface area contributed by atoms with E-state index in [1.165, 1.54) is 0 Å². The molecule has 9 heteroatoms. The van der Waals surface area contributed by atoms with Gasteiger partial charge in [-0.1, -0.05) is 13.3 Å². The SMILES string of the molecule is CCCC(CC(=O)O)NC(=O)c1cc([N+](=O)[O-])c[nH]c1=O. The highest BCUT2D eigenvalue weighted by Gasteiger charge is 2.20. The molecule has 1 atom stereocenters. The molecule has 9 nitrogen and oxygen atoms in total. The lowest BCUT2D eigenvalue weighted by atomic mass is 10.1. The van der Waals surface area contributed by atoms with Crippen molar-refractivity contribution in [3.63, 3.8) is 0 Å². The molecule has 0 fully saturated rings. The first kappa shape index (κ1) is 16.3. The van der Waals surface area contributed by atoms with E-state index in [-0.39, 0.29) is 6.42 Å². The van der Waals surface area contributed by atoms with Crippen molar-refractivity contribution in [2.45, 2.75) is 32.2 Å². The first-order valence-electron chi connectivity index (χ1n) is 6.25. The van der Waals surface area contributed by atoms with Crippen LogP contribution in [0.4, 0.5) is 5.69 Å². The third kappa shape index (κ3) is 4.71. The Hall–Kier alpha value is -2.71. The van der Waals surface area contributed by atoms with Crippen LogP contribution in [0.5, 0.6) is 0 Å². The van der Waals surface area contributed by atoms with Gasteiger partial charge in [0.05, 0.1) is 17.5 Å². The van der Waals surface area contributed by atoms with Crippen molar-refractivity contribution in [2.75, 3.05) is 0 Å². The predicted octanol–water partition coefficient (Wildman–Crippen LogP) is 0.656. The summed E-state index contributed by atoms with van der Waals surface area (Å²) in [6.45, 7) is 1.82. The van der Waals surface area contributed by atoms with E-state index in [2.05, 4.69) is 10.3 Å². The number of nitrogens with zero attached hydrogens (tertiary/aromatic N) is 1. The topological polar surface area (TPSA) is 142 Å². The number of aromatic nitrogens is 1. The van der Waals surface area contributed by atoms with Gasteiger partial charge in [-0.2, -0.15) is 0 Å². The molecule has 1 amide bonds. The van der Waals surface area contributed by atoms with Gasteiger partial charge in [0, 0.05) is 12.1 Å². The van der Waals surface area contributed by atoms with Crippen molar-refractivity contribution in [3.8, 4) is 0 Å². The maximum absolute atomic E-state index is 12.0. The van der Waals surface area contributed by atoms with Gasteiger partial charge in [-0.05, 0) is 6.42 Å². The van der Waals surface area contributed by atoms with Crippen molar-refractivity contribution in [1.82, 2.24) is 10.3 Å². The minimum absolute atomic E-state index is 0.285. The predicted molar refractivity (Wildman–Crippen MR) is 72.1 cm³/mol. The van der Waals surface area contributed by atoms with Crippen molar-refractivity contribution in [2.24, 2.45) is 0 Å². The van der Waals surface area contributed by atoms with Gasteiger partial charge in [-0.25, -0.2) is 0 Å². The Morgan fingerprint density at radius 2 is 2.19 bits per heavy atom. The van der Waals surface area contributed by atoms with E-state index >= 15 is 0 Å². The lowest BCUT2D eigenvalue weighted by molar-refractivity contribution is -0.385. The monoisotopic (exact) mass is 297 g/mol. The van der Waals surface area contributed by atoms with Crippen LogP contribution in [0.3, 0.4) is 0 Å². The zero-order valence-electron chi connectivity index (χ0n) is 11.3. The van der Waals surface area contributed by atoms with E-state index in [1.807, 2.05) is 6.92 Å². The Kier molecular flexibility index (Phi) is 5.58. The molecule has 0 aliphatic heterocycles. The smallest absolute Gasteiger partial charge is 0.305 e. The number of hydrogen-bond donors (Lipinski definition) is 3.